The molecular weight excluding hydrogens is 409 g/mol. The maximum absolute atomic E-state index is 13.0. The molecule has 3 amide bonds. The summed E-state index contributed by atoms with van der Waals surface area (Å²) in [5.74, 6) is -2.64. The lowest BCUT2D eigenvalue weighted by Gasteiger charge is -2.31. The van der Waals surface area contributed by atoms with Crippen LogP contribution in [0.2, 0.25) is 0 Å². The molecule has 1 aliphatic heterocycles. The molecular formula is C23H21F3N2O3. The Morgan fingerprint density at radius 1 is 1.00 bits per heavy atom. The molecule has 1 saturated carbocycles. The molecule has 1 fully saturated rings. The molecule has 0 saturated heterocycles. The van der Waals surface area contributed by atoms with Crippen LogP contribution in [0.5, 0.6) is 0 Å². The van der Waals surface area contributed by atoms with Crippen molar-refractivity contribution in [2.24, 2.45) is 5.92 Å². The number of halogens is 3. The molecule has 0 radical (unpaired) electrons. The summed E-state index contributed by atoms with van der Waals surface area (Å²) >= 11 is 0. The predicted molar refractivity (Wildman–Crippen MR) is 106 cm³/mol. The van der Waals surface area contributed by atoms with Crippen LogP contribution in [-0.4, -0.2) is 34.8 Å². The highest BCUT2D eigenvalue weighted by Crippen LogP contribution is 2.37. The predicted octanol–water partition coefficient (Wildman–Crippen LogP) is 4.33. The van der Waals surface area contributed by atoms with Gasteiger partial charge in [0, 0.05) is 11.6 Å². The van der Waals surface area contributed by atoms with E-state index in [1.165, 1.54) is 0 Å². The van der Waals surface area contributed by atoms with E-state index >= 15 is 0 Å². The van der Waals surface area contributed by atoms with Crippen molar-refractivity contribution in [1.29, 1.82) is 0 Å². The van der Waals surface area contributed by atoms with E-state index in [2.05, 4.69) is 5.32 Å². The van der Waals surface area contributed by atoms with Crippen LogP contribution in [0.3, 0.4) is 0 Å². The van der Waals surface area contributed by atoms with Gasteiger partial charge in [-0.15, -0.1) is 0 Å². The molecule has 0 aromatic heterocycles. The van der Waals surface area contributed by atoms with Crippen molar-refractivity contribution < 1.29 is 27.6 Å². The number of rotatable bonds is 4. The minimum Gasteiger partial charge on any atom is -0.349 e. The van der Waals surface area contributed by atoms with Gasteiger partial charge in [-0.2, -0.15) is 13.2 Å². The Bertz CT molecular complexity index is 1000. The van der Waals surface area contributed by atoms with Gasteiger partial charge in [-0.05, 0) is 49.1 Å². The number of nitrogens with zero attached hydrogens (tertiary/aromatic N) is 1. The van der Waals surface area contributed by atoms with Crippen LogP contribution < -0.4 is 5.32 Å². The molecule has 1 N–H and O–H groups in total. The van der Waals surface area contributed by atoms with E-state index in [0.29, 0.717) is 29.5 Å². The van der Waals surface area contributed by atoms with E-state index in [1.54, 1.807) is 48.5 Å². The highest BCUT2D eigenvalue weighted by atomic mass is 19.4. The smallest absolute Gasteiger partial charge is 0.349 e. The Hall–Kier alpha value is -3.16. The summed E-state index contributed by atoms with van der Waals surface area (Å²) in [4.78, 5) is 38.8. The lowest BCUT2D eigenvalue weighted by atomic mass is 9.85. The SMILES string of the molecule is O=C(NC1CCCC(C(F)(F)F)C1)c1cccc(CN2C(=O)c3ccccc3C2=O)c1. The number of fused-ring (bicyclic) bond motifs is 1. The maximum atomic E-state index is 13.0. The maximum Gasteiger partial charge on any atom is 0.391 e. The molecule has 2 aliphatic rings. The third-order valence-corrected chi connectivity index (χ3v) is 5.88. The molecule has 2 aromatic carbocycles. The minimum absolute atomic E-state index is 0.00699. The summed E-state index contributed by atoms with van der Waals surface area (Å²) in [6.45, 7) is 0.00699. The van der Waals surface area contributed by atoms with Crippen LogP contribution in [0, 0.1) is 5.92 Å². The van der Waals surface area contributed by atoms with Crippen LogP contribution in [-0.2, 0) is 6.54 Å². The Balaban J connectivity index is 1.44. The standard InChI is InChI=1S/C23H21F3N2O3/c24-23(25,26)16-7-4-8-17(12-16)27-20(29)15-6-3-5-14(11-15)13-28-21(30)18-9-1-2-10-19(18)22(28)31/h1-3,5-6,9-11,16-17H,4,7-8,12-13H2,(H,27,29). The molecule has 1 aliphatic carbocycles. The normalized spacial score (nSPS) is 21.2. The number of carbonyl (C=O) groups excluding carboxylic acids is 3. The van der Waals surface area contributed by atoms with Gasteiger partial charge in [0.05, 0.1) is 23.6 Å². The first-order valence-corrected chi connectivity index (χ1v) is 10.2. The minimum atomic E-state index is -4.25. The lowest BCUT2D eigenvalue weighted by molar-refractivity contribution is -0.183. The van der Waals surface area contributed by atoms with Gasteiger partial charge in [0.15, 0.2) is 0 Å². The molecule has 1 heterocycles. The van der Waals surface area contributed by atoms with Crippen LogP contribution in [0.4, 0.5) is 13.2 Å². The van der Waals surface area contributed by atoms with Crippen molar-refractivity contribution in [3.63, 3.8) is 0 Å². The molecule has 162 valence electrons. The molecule has 0 spiro atoms. The van der Waals surface area contributed by atoms with E-state index in [0.717, 1.165) is 4.90 Å². The van der Waals surface area contributed by atoms with Crippen LogP contribution in [0.25, 0.3) is 0 Å². The second-order valence-electron chi connectivity index (χ2n) is 8.02. The number of nitrogens with one attached hydrogen (secondary N) is 1. The van der Waals surface area contributed by atoms with Crippen molar-refractivity contribution in [3.05, 3.63) is 70.8 Å². The summed E-state index contributed by atoms with van der Waals surface area (Å²) in [5.41, 5.74) is 1.55. The second-order valence-corrected chi connectivity index (χ2v) is 8.02. The van der Waals surface area contributed by atoms with Crippen LogP contribution in [0.15, 0.2) is 48.5 Å². The fourth-order valence-electron chi connectivity index (χ4n) is 4.26. The molecule has 4 rings (SSSR count). The molecule has 2 aromatic rings. The quantitative estimate of drug-likeness (QED) is 0.734. The van der Waals surface area contributed by atoms with Crippen molar-refractivity contribution in [2.45, 2.75) is 44.4 Å². The molecule has 2 unspecified atom stereocenters. The van der Waals surface area contributed by atoms with E-state index in [-0.39, 0.29) is 24.9 Å². The Morgan fingerprint density at radius 2 is 1.68 bits per heavy atom. The number of hydrogen-bond donors (Lipinski definition) is 1. The summed E-state index contributed by atoms with van der Waals surface area (Å²) < 4.78 is 39.0. The Labute approximate surface area is 177 Å². The molecule has 0 bridgehead atoms. The van der Waals surface area contributed by atoms with Gasteiger partial charge in [-0.25, -0.2) is 0 Å². The number of hydrogen-bond acceptors (Lipinski definition) is 3. The van der Waals surface area contributed by atoms with E-state index in [4.69, 9.17) is 0 Å². The van der Waals surface area contributed by atoms with E-state index < -0.39 is 35.9 Å². The average Bonchev–Trinajstić information content (AvgIpc) is 2.99. The zero-order valence-corrected chi connectivity index (χ0v) is 16.6. The number of benzene rings is 2. The molecule has 2 atom stereocenters. The van der Waals surface area contributed by atoms with Gasteiger partial charge in [0.2, 0.25) is 0 Å². The summed E-state index contributed by atoms with van der Waals surface area (Å²) in [7, 11) is 0. The summed E-state index contributed by atoms with van der Waals surface area (Å²) in [6.07, 6.45) is -3.37. The average molecular weight is 430 g/mol. The highest BCUT2D eigenvalue weighted by molar-refractivity contribution is 6.21. The van der Waals surface area contributed by atoms with Gasteiger partial charge in [-0.1, -0.05) is 30.7 Å². The number of carbonyl (C=O) groups is 3. The second kappa shape index (κ2) is 8.17. The lowest BCUT2D eigenvalue weighted by Crippen LogP contribution is -2.41. The summed E-state index contributed by atoms with van der Waals surface area (Å²) in [6, 6.07) is 12.5. The molecule has 5 nitrogen and oxygen atoms in total. The van der Waals surface area contributed by atoms with Crippen molar-refractivity contribution in [2.75, 3.05) is 0 Å². The first-order valence-electron chi connectivity index (χ1n) is 10.2. The van der Waals surface area contributed by atoms with Gasteiger partial charge in [-0.3, -0.25) is 19.3 Å². The first-order chi connectivity index (χ1) is 14.7. The molecule has 8 heteroatoms. The van der Waals surface area contributed by atoms with Crippen LogP contribution in [0.1, 0.15) is 62.3 Å². The van der Waals surface area contributed by atoms with Crippen LogP contribution >= 0.6 is 0 Å². The number of amides is 3. The van der Waals surface area contributed by atoms with Crippen molar-refractivity contribution >= 4 is 17.7 Å². The van der Waals surface area contributed by atoms with Gasteiger partial charge in [0.1, 0.15) is 0 Å². The summed E-state index contributed by atoms with van der Waals surface area (Å²) in [5, 5.41) is 2.70. The van der Waals surface area contributed by atoms with Gasteiger partial charge < -0.3 is 5.32 Å². The van der Waals surface area contributed by atoms with Crippen molar-refractivity contribution in [3.8, 4) is 0 Å². The number of alkyl halides is 3. The zero-order chi connectivity index (χ0) is 22.2. The largest absolute Gasteiger partial charge is 0.391 e. The van der Waals surface area contributed by atoms with E-state index in [9.17, 15) is 27.6 Å². The van der Waals surface area contributed by atoms with Gasteiger partial charge >= 0.3 is 6.18 Å². The van der Waals surface area contributed by atoms with Gasteiger partial charge in [0.25, 0.3) is 17.7 Å². The monoisotopic (exact) mass is 430 g/mol. The Morgan fingerprint density at radius 3 is 2.32 bits per heavy atom. The van der Waals surface area contributed by atoms with E-state index in [1.807, 2.05) is 0 Å². The number of imide groups is 1. The molecule has 31 heavy (non-hydrogen) atoms. The topological polar surface area (TPSA) is 66.5 Å². The highest BCUT2D eigenvalue weighted by Gasteiger charge is 2.42. The third kappa shape index (κ3) is 4.33. The van der Waals surface area contributed by atoms with Crippen molar-refractivity contribution in [1.82, 2.24) is 10.2 Å². The zero-order valence-electron chi connectivity index (χ0n) is 16.6. The Kier molecular flexibility index (Phi) is 5.56. The fourth-order valence-corrected chi connectivity index (χ4v) is 4.26. The third-order valence-electron chi connectivity index (χ3n) is 5.88. The fraction of sp³-hybridized carbons (Fsp3) is 0.348. The first kappa shape index (κ1) is 21.1.